The fraction of sp³-hybridized carbons (Fsp3) is 0.286. The Morgan fingerprint density at radius 1 is 1.00 bits per heavy atom. The van der Waals surface area contributed by atoms with Crippen LogP contribution in [0.3, 0.4) is 0 Å². The lowest BCUT2D eigenvalue weighted by Crippen LogP contribution is -2.18. The van der Waals surface area contributed by atoms with Crippen molar-refractivity contribution in [3.8, 4) is 22.5 Å². The molecule has 8 heteroatoms. The summed E-state index contributed by atoms with van der Waals surface area (Å²) in [5.41, 5.74) is 4.26. The molecule has 5 nitrogen and oxygen atoms in total. The summed E-state index contributed by atoms with van der Waals surface area (Å²) in [5, 5.41) is 8.68. The van der Waals surface area contributed by atoms with E-state index in [9.17, 15) is 13.2 Å². The third-order valence-electron chi connectivity index (χ3n) is 6.68. The smallest absolute Gasteiger partial charge is 0.434 e. The second-order valence-corrected chi connectivity index (χ2v) is 9.59. The van der Waals surface area contributed by atoms with Crippen LogP contribution in [-0.2, 0) is 22.7 Å². The first-order valence-corrected chi connectivity index (χ1v) is 11.9. The summed E-state index contributed by atoms with van der Waals surface area (Å²) in [6.07, 6.45) is 0.517. The van der Waals surface area contributed by atoms with Crippen LogP contribution in [0.25, 0.3) is 28.3 Å². The fourth-order valence-corrected chi connectivity index (χ4v) is 4.96. The van der Waals surface area contributed by atoms with Gasteiger partial charge < -0.3 is 4.74 Å². The van der Waals surface area contributed by atoms with Gasteiger partial charge in [-0.15, -0.1) is 0 Å². The highest BCUT2D eigenvalue weighted by Crippen LogP contribution is 2.40. The molecule has 0 bridgehead atoms. The van der Waals surface area contributed by atoms with E-state index in [-0.39, 0.29) is 23.3 Å². The maximum Gasteiger partial charge on any atom is 0.434 e. The van der Waals surface area contributed by atoms with Crippen molar-refractivity contribution in [3.05, 3.63) is 90.0 Å². The zero-order chi connectivity index (χ0) is 25.7. The van der Waals surface area contributed by atoms with Crippen molar-refractivity contribution >= 4 is 5.76 Å². The summed E-state index contributed by atoms with van der Waals surface area (Å²) in [6, 6.07) is 14.8. The minimum absolute atomic E-state index is 0.0268. The largest absolute Gasteiger partial charge is 0.494 e. The first kappa shape index (κ1) is 23.9. The Morgan fingerprint density at radius 3 is 2.22 bits per heavy atom. The van der Waals surface area contributed by atoms with Crippen molar-refractivity contribution in [1.82, 2.24) is 19.6 Å². The Balaban J connectivity index is 1.56. The number of aryl methyl sites for hydroxylation is 1. The third-order valence-corrected chi connectivity index (χ3v) is 6.68. The molecule has 2 aromatic carbocycles. The molecule has 2 heterocycles. The molecule has 4 aromatic rings. The van der Waals surface area contributed by atoms with Gasteiger partial charge in [0.25, 0.3) is 0 Å². The van der Waals surface area contributed by atoms with Crippen molar-refractivity contribution < 1.29 is 17.9 Å². The highest BCUT2D eigenvalue weighted by Gasteiger charge is 2.40. The van der Waals surface area contributed by atoms with Crippen molar-refractivity contribution in [2.75, 3.05) is 6.61 Å². The van der Waals surface area contributed by atoms with Crippen LogP contribution >= 0.6 is 0 Å². The number of hydrogen-bond acceptors (Lipinski definition) is 3. The van der Waals surface area contributed by atoms with E-state index < -0.39 is 11.9 Å². The molecule has 0 radical (unpaired) electrons. The average molecular weight is 493 g/mol. The predicted octanol–water partition coefficient (Wildman–Crippen LogP) is 6.97. The average Bonchev–Trinajstić information content (AvgIpc) is 3.55. The van der Waals surface area contributed by atoms with Crippen LogP contribution in [0.2, 0.25) is 0 Å². The molecular formula is C28H27F3N4O. The number of halogens is 3. The minimum Gasteiger partial charge on any atom is -0.494 e. The number of hydrogen-bond donors (Lipinski definition) is 0. The standard InChI is InChI=1S/C28H27F3N4O/c1-5-36-18(2)24-17-33-35(26(24)28(29,30)31)23-11-7-9-20(15-23)19-8-6-10-22(14-19)34-25-21(16-32-34)12-13-27(25,3)4/h6-11,14-17H,2,5,12-13H2,1,3-4H3. The van der Waals surface area contributed by atoms with Crippen molar-refractivity contribution in [2.24, 2.45) is 0 Å². The van der Waals surface area contributed by atoms with E-state index in [1.54, 1.807) is 25.1 Å². The molecule has 0 atom stereocenters. The van der Waals surface area contributed by atoms with Gasteiger partial charge in [0.05, 0.1) is 41.6 Å². The monoisotopic (exact) mass is 492 g/mol. The molecule has 0 saturated heterocycles. The number of aromatic nitrogens is 4. The van der Waals surface area contributed by atoms with Gasteiger partial charge in [-0.25, -0.2) is 9.36 Å². The number of benzene rings is 2. The highest BCUT2D eigenvalue weighted by molar-refractivity contribution is 5.69. The predicted molar refractivity (Wildman–Crippen MR) is 133 cm³/mol. The molecule has 0 saturated carbocycles. The quantitative estimate of drug-likeness (QED) is 0.273. The summed E-state index contributed by atoms with van der Waals surface area (Å²) >= 11 is 0. The summed E-state index contributed by atoms with van der Waals surface area (Å²) in [6.45, 7) is 10.00. The molecule has 36 heavy (non-hydrogen) atoms. The molecule has 1 aliphatic rings. The van der Waals surface area contributed by atoms with Gasteiger partial charge in [-0.3, -0.25) is 0 Å². The number of ether oxygens (including phenoxy) is 1. The second kappa shape index (κ2) is 8.69. The van der Waals surface area contributed by atoms with Crippen LogP contribution in [0, 0.1) is 0 Å². The molecule has 186 valence electrons. The van der Waals surface area contributed by atoms with E-state index >= 15 is 0 Å². The molecule has 1 aliphatic carbocycles. The topological polar surface area (TPSA) is 44.9 Å². The lowest BCUT2D eigenvalue weighted by molar-refractivity contribution is -0.143. The maximum absolute atomic E-state index is 14.1. The summed E-state index contributed by atoms with van der Waals surface area (Å²) in [4.78, 5) is 0. The van der Waals surface area contributed by atoms with Crippen LogP contribution in [0.15, 0.2) is 67.5 Å². The fourth-order valence-electron chi connectivity index (χ4n) is 4.96. The molecule has 0 unspecified atom stereocenters. The van der Waals surface area contributed by atoms with E-state index in [2.05, 4.69) is 30.6 Å². The van der Waals surface area contributed by atoms with Gasteiger partial charge >= 0.3 is 6.18 Å². The first-order valence-electron chi connectivity index (χ1n) is 11.9. The zero-order valence-electron chi connectivity index (χ0n) is 20.4. The number of fused-ring (bicyclic) bond motifs is 1. The number of alkyl halides is 3. The van der Waals surface area contributed by atoms with Crippen LogP contribution in [0.5, 0.6) is 0 Å². The van der Waals surface area contributed by atoms with Crippen LogP contribution in [0.4, 0.5) is 13.2 Å². The van der Waals surface area contributed by atoms with Gasteiger partial charge in [0.2, 0.25) is 0 Å². The summed E-state index contributed by atoms with van der Waals surface area (Å²) in [5.74, 6) is -0.0605. The van der Waals surface area contributed by atoms with E-state index in [4.69, 9.17) is 4.74 Å². The summed E-state index contributed by atoms with van der Waals surface area (Å²) in [7, 11) is 0. The van der Waals surface area contributed by atoms with Crippen molar-refractivity contribution in [1.29, 1.82) is 0 Å². The van der Waals surface area contributed by atoms with Gasteiger partial charge in [-0.1, -0.05) is 44.7 Å². The van der Waals surface area contributed by atoms with Crippen LogP contribution in [0.1, 0.15) is 49.7 Å². The lowest BCUT2D eigenvalue weighted by atomic mass is 9.90. The molecule has 5 rings (SSSR count). The van der Waals surface area contributed by atoms with E-state index in [0.717, 1.165) is 40.5 Å². The SMILES string of the molecule is C=C(OCC)c1cnn(-c2cccc(-c3cccc(-n4ncc5c4C(C)(C)CC5)c3)c2)c1C(F)(F)F. The third kappa shape index (κ3) is 4.10. The van der Waals surface area contributed by atoms with Crippen molar-refractivity contribution in [3.63, 3.8) is 0 Å². The number of nitrogens with zero attached hydrogens (tertiary/aromatic N) is 4. The van der Waals surface area contributed by atoms with Crippen LogP contribution in [-0.4, -0.2) is 26.2 Å². The molecule has 0 spiro atoms. The van der Waals surface area contributed by atoms with Gasteiger partial charge in [0.1, 0.15) is 5.76 Å². The molecule has 2 aromatic heterocycles. The number of rotatable bonds is 6. The van der Waals surface area contributed by atoms with Gasteiger partial charge in [0, 0.05) is 5.41 Å². The Kier molecular flexibility index (Phi) is 5.77. The first-order chi connectivity index (χ1) is 17.1. The van der Waals surface area contributed by atoms with E-state index in [0.29, 0.717) is 5.69 Å². The van der Waals surface area contributed by atoms with E-state index in [1.165, 1.54) is 11.3 Å². The Morgan fingerprint density at radius 2 is 1.61 bits per heavy atom. The maximum atomic E-state index is 14.1. The van der Waals surface area contributed by atoms with Gasteiger partial charge in [0.15, 0.2) is 5.69 Å². The van der Waals surface area contributed by atoms with Gasteiger partial charge in [-0.05, 0) is 60.7 Å². The minimum atomic E-state index is -4.64. The molecule has 0 fully saturated rings. The normalized spacial score (nSPS) is 14.6. The van der Waals surface area contributed by atoms with Gasteiger partial charge in [-0.2, -0.15) is 23.4 Å². The van der Waals surface area contributed by atoms with Crippen LogP contribution < -0.4 is 0 Å². The van der Waals surface area contributed by atoms with E-state index in [1.807, 2.05) is 41.2 Å². The second-order valence-electron chi connectivity index (χ2n) is 9.59. The molecule has 0 aliphatic heterocycles. The molecule has 0 N–H and O–H groups in total. The van der Waals surface area contributed by atoms with Crippen molar-refractivity contribution in [2.45, 2.75) is 45.2 Å². The summed E-state index contributed by atoms with van der Waals surface area (Å²) < 4.78 is 50.3. The Hall–Kier alpha value is -3.81. The Labute approximate surface area is 207 Å². The highest BCUT2D eigenvalue weighted by atomic mass is 19.4. The zero-order valence-corrected chi connectivity index (χ0v) is 20.4. The molecular weight excluding hydrogens is 465 g/mol. The molecule has 0 amide bonds. The Bertz CT molecular complexity index is 1450. The lowest BCUT2D eigenvalue weighted by Gasteiger charge is -2.21.